The Labute approximate surface area is 168 Å². The smallest absolute Gasteiger partial charge is 0.230 e. The fraction of sp³-hybridized carbons (Fsp3) is 0.400. The topological polar surface area (TPSA) is 54.5 Å². The van der Waals surface area contributed by atoms with Crippen LogP contribution in [0, 0.1) is 0 Å². The van der Waals surface area contributed by atoms with Crippen molar-refractivity contribution in [1.82, 2.24) is 15.2 Å². The van der Waals surface area contributed by atoms with Crippen LogP contribution in [0.25, 0.3) is 0 Å². The molecular formula is C20H22ClN3O2S. The number of benzene rings is 1. The lowest BCUT2D eigenvalue weighted by Gasteiger charge is -2.35. The number of ether oxygens (including phenoxy) is 1. The summed E-state index contributed by atoms with van der Waals surface area (Å²) >= 11 is 7.44. The Bertz CT molecular complexity index is 775. The van der Waals surface area contributed by atoms with Crippen molar-refractivity contribution >= 4 is 29.3 Å². The van der Waals surface area contributed by atoms with Crippen molar-refractivity contribution in [1.29, 1.82) is 0 Å². The summed E-state index contributed by atoms with van der Waals surface area (Å²) in [5, 5.41) is 4.77. The van der Waals surface area contributed by atoms with E-state index in [4.69, 9.17) is 16.3 Å². The van der Waals surface area contributed by atoms with Gasteiger partial charge in [-0.15, -0.1) is 0 Å². The number of amides is 1. The highest BCUT2D eigenvalue weighted by molar-refractivity contribution is 7.99. The van der Waals surface area contributed by atoms with Crippen LogP contribution >= 0.6 is 23.4 Å². The quantitative estimate of drug-likeness (QED) is 0.777. The minimum Gasteiger partial charge on any atom is -0.371 e. The number of thioether (sulfide) groups is 1. The van der Waals surface area contributed by atoms with Gasteiger partial charge in [0.25, 0.3) is 0 Å². The van der Waals surface area contributed by atoms with Gasteiger partial charge in [0.05, 0.1) is 23.5 Å². The molecule has 0 radical (unpaired) electrons. The first kappa shape index (κ1) is 18.7. The van der Waals surface area contributed by atoms with Crippen LogP contribution in [0.15, 0.2) is 53.7 Å². The van der Waals surface area contributed by atoms with E-state index in [-0.39, 0.29) is 18.1 Å². The number of pyridine rings is 1. The molecule has 0 bridgehead atoms. The second kappa shape index (κ2) is 8.61. The minimum atomic E-state index is 0.0608. The molecule has 2 aliphatic rings. The number of aromatic nitrogens is 1. The predicted molar refractivity (Wildman–Crippen MR) is 107 cm³/mol. The number of fused-ring (bicyclic) bond motifs is 1. The second-order valence-electron chi connectivity index (χ2n) is 6.94. The van der Waals surface area contributed by atoms with Gasteiger partial charge in [-0.3, -0.25) is 9.69 Å². The van der Waals surface area contributed by atoms with E-state index in [0.29, 0.717) is 18.4 Å². The molecule has 1 N–H and O–H groups in total. The van der Waals surface area contributed by atoms with Crippen molar-refractivity contribution in [2.75, 3.05) is 25.4 Å². The fourth-order valence-corrected chi connectivity index (χ4v) is 4.50. The number of hydrogen-bond acceptors (Lipinski definition) is 5. The lowest BCUT2D eigenvalue weighted by Crippen LogP contribution is -2.43. The molecule has 27 heavy (non-hydrogen) atoms. The third-order valence-electron chi connectivity index (χ3n) is 5.01. The van der Waals surface area contributed by atoms with E-state index >= 15 is 0 Å². The van der Waals surface area contributed by atoms with Crippen LogP contribution in [0.2, 0.25) is 5.02 Å². The van der Waals surface area contributed by atoms with Crippen LogP contribution in [0.4, 0.5) is 0 Å². The van der Waals surface area contributed by atoms with Crippen LogP contribution in [-0.2, 0) is 9.53 Å². The molecule has 1 aromatic carbocycles. The first-order valence-electron chi connectivity index (χ1n) is 9.11. The Morgan fingerprint density at radius 2 is 2.11 bits per heavy atom. The van der Waals surface area contributed by atoms with Crippen molar-refractivity contribution in [3.8, 4) is 0 Å². The minimum absolute atomic E-state index is 0.0608. The standard InChI is InChI=1S/C20H22ClN3O2S/c21-15-6-4-14(5-7-15)18-11-24-10-16(9-17(24)12-26-18)23-19(25)13-27-20-3-1-2-8-22-20/h1-8,16-18H,9-13H2,(H,23,25)/t16-,17+,18-/m1/s1. The molecule has 2 fully saturated rings. The largest absolute Gasteiger partial charge is 0.371 e. The van der Waals surface area contributed by atoms with Crippen molar-refractivity contribution in [2.24, 2.45) is 0 Å². The molecular weight excluding hydrogens is 382 g/mol. The lowest BCUT2D eigenvalue weighted by molar-refractivity contribution is -0.119. The van der Waals surface area contributed by atoms with E-state index in [1.165, 1.54) is 11.8 Å². The number of carbonyl (C=O) groups excluding carboxylic acids is 1. The van der Waals surface area contributed by atoms with Crippen LogP contribution in [-0.4, -0.2) is 53.3 Å². The van der Waals surface area contributed by atoms with Crippen molar-refractivity contribution in [2.45, 2.75) is 29.6 Å². The van der Waals surface area contributed by atoms with E-state index < -0.39 is 0 Å². The highest BCUT2D eigenvalue weighted by atomic mass is 35.5. The van der Waals surface area contributed by atoms with Crippen LogP contribution in [0.1, 0.15) is 18.1 Å². The summed E-state index contributed by atoms with van der Waals surface area (Å²) in [6.45, 7) is 2.42. The molecule has 0 spiro atoms. The van der Waals surface area contributed by atoms with Gasteiger partial charge in [-0.25, -0.2) is 4.98 Å². The second-order valence-corrected chi connectivity index (χ2v) is 8.37. The van der Waals surface area contributed by atoms with E-state index in [9.17, 15) is 4.79 Å². The summed E-state index contributed by atoms with van der Waals surface area (Å²) in [5.41, 5.74) is 1.15. The van der Waals surface area contributed by atoms with Gasteiger partial charge >= 0.3 is 0 Å². The van der Waals surface area contributed by atoms with Gasteiger partial charge in [0, 0.05) is 36.4 Å². The summed E-state index contributed by atoms with van der Waals surface area (Å²) in [7, 11) is 0. The maximum absolute atomic E-state index is 12.3. The van der Waals surface area contributed by atoms with Gasteiger partial charge in [0.2, 0.25) is 5.91 Å². The molecule has 1 amide bonds. The molecule has 4 rings (SSSR count). The van der Waals surface area contributed by atoms with Gasteiger partial charge < -0.3 is 10.1 Å². The maximum atomic E-state index is 12.3. The summed E-state index contributed by atoms with van der Waals surface area (Å²) in [4.78, 5) is 18.9. The zero-order valence-electron chi connectivity index (χ0n) is 14.9. The molecule has 2 aromatic rings. The van der Waals surface area contributed by atoms with Gasteiger partial charge in [-0.1, -0.05) is 41.6 Å². The van der Waals surface area contributed by atoms with Crippen molar-refractivity contribution in [3.63, 3.8) is 0 Å². The molecule has 3 heterocycles. The fourth-order valence-electron chi connectivity index (χ4n) is 3.70. The number of carbonyl (C=O) groups is 1. The number of rotatable bonds is 5. The SMILES string of the molecule is O=C(CSc1ccccn1)N[C@@H]1C[C@H]2CO[C@@H](c3ccc(Cl)cc3)CN2C1. The first-order chi connectivity index (χ1) is 13.2. The highest BCUT2D eigenvalue weighted by Gasteiger charge is 2.38. The molecule has 3 atom stereocenters. The molecule has 0 saturated carbocycles. The van der Waals surface area contributed by atoms with Crippen molar-refractivity contribution in [3.05, 3.63) is 59.2 Å². The summed E-state index contributed by atoms with van der Waals surface area (Å²) in [6.07, 6.45) is 2.74. The van der Waals surface area contributed by atoms with Crippen LogP contribution < -0.4 is 5.32 Å². The molecule has 142 valence electrons. The third kappa shape index (κ3) is 4.82. The lowest BCUT2D eigenvalue weighted by atomic mass is 10.1. The molecule has 0 aliphatic carbocycles. The Hall–Kier alpha value is -1.60. The van der Waals surface area contributed by atoms with Crippen molar-refractivity contribution < 1.29 is 9.53 Å². The Morgan fingerprint density at radius 1 is 1.26 bits per heavy atom. The summed E-state index contributed by atoms with van der Waals surface area (Å²) in [5.74, 6) is 0.452. The zero-order valence-corrected chi connectivity index (χ0v) is 16.5. The highest BCUT2D eigenvalue weighted by Crippen LogP contribution is 2.30. The Morgan fingerprint density at radius 3 is 2.89 bits per heavy atom. The molecule has 1 aromatic heterocycles. The molecule has 0 unspecified atom stereocenters. The van der Waals surface area contributed by atoms with Gasteiger partial charge in [0.15, 0.2) is 0 Å². The number of nitrogens with zero attached hydrogens (tertiary/aromatic N) is 2. The molecule has 7 heteroatoms. The summed E-state index contributed by atoms with van der Waals surface area (Å²) < 4.78 is 6.07. The normalized spacial score (nSPS) is 25.1. The first-order valence-corrected chi connectivity index (χ1v) is 10.5. The van der Waals surface area contributed by atoms with Gasteiger partial charge in [-0.05, 0) is 36.2 Å². The average molecular weight is 404 g/mol. The third-order valence-corrected chi connectivity index (χ3v) is 6.21. The molecule has 2 aliphatic heterocycles. The predicted octanol–water partition coefficient (Wildman–Crippen LogP) is 3.16. The van der Waals surface area contributed by atoms with Crippen LogP contribution in [0.3, 0.4) is 0 Å². The monoisotopic (exact) mass is 403 g/mol. The van der Waals surface area contributed by atoms with Gasteiger partial charge in [-0.2, -0.15) is 0 Å². The average Bonchev–Trinajstić information content (AvgIpc) is 3.09. The number of halogens is 1. The molecule has 5 nitrogen and oxygen atoms in total. The summed E-state index contributed by atoms with van der Waals surface area (Å²) in [6, 6.07) is 14.1. The number of hydrogen-bond donors (Lipinski definition) is 1. The number of morpholine rings is 1. The van der Waals surface area contributed by atoms with E-state index in [0.717, 1.165) is 35.1 Å². The van der Waals surface area contributed by atoms with E-state index in [1.54, 1.807) is 6.20 Å². The maximum Gasteiger partial charge on any atom is 0.230 e. The zero-order chi connectivity index (χ0) is 18.6. The van der Waals surface area contributed by atoms with E-state index in [2.05, 4.69) is 15.2 Å². The molecule has 2 saturated heterocycles. The Kier molecular flexibility index (Phi) is 5.98. The van der Waals surface area contributed by atoms with Crippen LogP contribution in [0.5, 0.6) is 0 Å². The number of nitrogens with one attached hydrogen (secondary N) is 1. The Balaban J connectivity index is 1.27. The van der Waals surface area contributed by atoms with E-state index in [1.807, 2.05) is 42.5 Å². The van der Waals surface area contributed by atoms with Gasteiger partial charge in [0.1, 0.15) is 0 Å².